The van der Waals surface area contributed by atoms with Crippen LogP contribution < -0.4 is 14.8 Å². The maximum absolute atomic E-state index is 13.2. The summed E-state index contributed by atoms with van der Waals surface area (Å²) in [7, 11) is 1.45. The highest BCUT2D eigenvalue weighted by atomic mass is 79.9. The van der Waals surface area contributed by atoms with E-state index in [4.69, 9.17) is 9.47 Å². The van der Waals surface area contributed by atoms with Crippen molar-refractivity contribution in [1.82, 2.24) is 0 Å². The molecule has 0 atom stereocenters. The topological polar surface area (TPSA) is 47.6 Å². The Balaban J connectivity index is 1.87. The van der Waals surface area contributed by atoms with Gasteiger partial charge < -0.3 is 14.8 Å². The number of nitrogens with one attached hydrogen (secondary N) is 1. The highest BCUT2D eigenvalue weighted by Gasteiger charge is 2.33. The normalized spacial score (nSPS) is 11.1. The van der Waals surface area contributed by atoms with Crippen molar-refractivity contribution in [2.24, 2.45) is 0 Å². The number of halogens is 4. The number of amides is 1. The largest absolute Gasteiger partial charge is 0.492 e. The molecule has 0 aliphatic carbocycles. The standard InChI is InChI=1S/C22H17BrF3NO3/c1-29-20-17(23)11-15(12-19(20)30-13-14-7-3-2-4-8-14)21(28)27-18-10-6-5-9-16(18)22(24,25)26/h2-12H,13H2,1H3,(H,27,28). The lowest BCUT2D eigenvalue weighted by Crippen LogP contribution is -2.17. The number of hydrogen-bond acceptors (Lipinski definition) is 3. The first-order valence-corrected chi connectivity index (χ1v) is 9.60. The summed E-state index contributed by atoms with van der Waals surface area (Å²) in [5.74, 6) is -0.0530. The average Bonchev–Trinajstić information content (AvgIpc) is 2.72. The maximum atomic E-state index is 13.2. The minimum atomic E-state index is -4.59. The number of benzene rings is 3. The van der Waals surface area contributed by atoms with Crippen LogP contribution in [0.25, 0.3) is 0 Å². The number of para-hydroxylation sites is 1. The van der Waals surface area contributed by atoms with E-state index in [2.05, 4.69) is 21.2 Å². The van der Waals surface area contributed by atoms with Crippen molar-refractivity contribution in [2.75, 3.05) is 12.4 Å². The van der Waals surface area contributed by atoms with E-state index in [0.717, 1.165) is 11.6 Å². The Kier molecular flexibility index (Phi) is 6.66. The van der Waals surface area contributed by atoms with Gasteiger partial charge in [-0.25, -0.2) is 0 Å². The molecule has 0 aromatic heterocycles. The van der Waals surface area contributed by atoms with Crippen LogP contribution in [0.4, 0.5) is 18.9 Å². The van der Waals surface area contributed by atoms with Crippen molar-refractivity contribution in [3.05, 3.63) is 87.9 Å². The van der Waals surface area contributed by atoms with Gasteiger partial charge in [0.15, 0.2) is 11.5 Å². The van der Waals surface area contributed by atoms with E-state index in [9.17, 15) is 18.0 Å². The summed E-state index contributed by atoms with van der Waals surface area (Å²) in [6, 6.07) is 17.1. The van der Waals surface area contributed by atoms with Crippen LogP contribution in [0.15, 0.2) is 71.2 Å². The van der Waals surface area contributed by atoms with Crippen LogP contribution in [0, 0.1) is 0 Å². The third-order valence-electron chi connectivity index (χ3n) is 4.19. The first kappa shape index (κ1) is 21.7. The highest BCUT2D eigenvalue weighted by molar-refractivity contribution is 9.10. The molecule has 3 rings (SSSR count). The molecule has 0 aliphatic heterocycles. The van der Waals surface area contributed by atoms with Crippen molar-refractivity contribution in [2.45, 2.75) is 12.8 Å². The summed E-state index contributed by atoms with van der Waals surface area (Å²) in [6.45, 7) is 0.228. The number of alkyl halides is 3. The Morgan fingerprint density at radius 2 is 1.70 bits per heavy atom. The molecule has 8 heteroatoms. The third-order valence-corrected chi connectivity index (χ3v) is 4.78. The average molecular weight is 480 g/mol. The summed E-state index contributed by atoms with van der Waals surface area (Å²) in [5, 5.41) is 2.32. The molecule has 3 aromatic carbocycles. The van der Waals surface area contributed by atoms with E-state index in [1.165, 1.54) is 37.4 Å². The van der Waals surface area contributed by atoms with Gasteiger partial charge in [0.05, 0.1) is 22.8 Å². The molecule has 0 unspecified atom stereocenters. The molecule has 1 N–H and O–H groups in total. The van der Waals surface area contributed by atoms with Crippen LogP contribution in [0.2, 0.25) is 0 Å². The number of carbonyl (C=O) groups excluding carboxylic acids is 1. The Hall–Kier alpha value is -3.00. The van der Waals surface area contributed by atoms with Gasteiger partial charge in [0.2, 0.25) is 0 Å². The monoisotopic (exact) mass is 479 g/mol. The van der Waals surface area contributed by atoms with Gasteiger partial charge in [-0.1, -0.05) is 42.5 Å². The molecular weight excluding hydrogens is 463 g/mol. The van der Waals surface area contributed by atoms with Crippen molar-refractivity contribution in [3.63, 3.8) is 0 Å². The SMILES string of the molecule is COc1c(Br)cc(C(=O)Nc2ccccc2C(F)(F)F)cc1OCc1ccccc1. The summed E-state index contributed by atoms with van der Waals surface area (Å²) in [6.07, 6.45) is -4.59. The molecule has 0 saturated carbocycles. The summed E-state index contributed by atoms with van der Waals surface area (Å²) < 4.78 is 51.1. The zero-order valence-corrected chi connectivity index (χ0v) is 17.4. The molecule has 0 bridgehead atoms. The van der Waals surface area contributed by atoms with Gasteiger partial charge in [0, 0.05) is 5.56 Å². The lowest BCUT2D eigenvalue weighted by Gasteiger charge is -2.16. The second-order valence-electron chi connectivity index (χ2n) is 6.26. The van der Waals surface area contributed by atoms with Crippen LogP contribution in [0.3, 0.4) is 0 Å². The first-order chi connectivity index (χ1) is 14.3. The minimum absolute atomic E-state index is 0.114. The number of hydrogen-bond donors (Lipinski definition) is 1. The molecule has 0 fully saturated rings. The number of ether oxygens (including phenoxy) is 2. The first-order valence-electron chi connectivity index (χ1n) is 8.81. The van der Waals surface area contributed by atoms with Crippen molar-refractivity contribution >= 4 is 27.5 Å². The molecule has 156 valence electrons. The second kappa shape index (κ2) is 9.21. The number of rotatable bonds is 6. The Morgan fingerprint density at radius 1 is 1.03 bits per heavy atom. The Morgan fingerprint density at radius 3 is 2.37 bits per heavy atom. The highest BCUT2D eigenvalue weighted by Crippen LogP contribution is 2.38. The quantitative estimate of drug-likeness (QED) is 0.450. The van der Waals surface area contributed by atoms with E-state index >= 15 is 0 Å². The molecule has 0 spiro atoms. The van der Waals surface area contributed by atoms with Crippen LogP contribution in [-0.4, -0.2) is 13.0 Å². The lowest BCUT2D eigenvalue weighted by molar-refractivity contribution is -0.136. The molecule has 0 aliphatic rings. The van der Waals surface area contributed by atoms with Gasteiger partial charge in [-0.05, 0) is 45.8 Å². The van der Waals surface area contributed by atoms with Crippen molar-refractivity contribution < 1.29 is 27.4 Å². The van der Waals surface area contributed by atoms with Crippen molar-refractivity contribution in [3.8, 4) is 11.5 Å². The predicted molar refractivity (Wildman–Crippen MR) is 111 cm³/mol. The summed E-state index contributed by atoms with van der Waals surface area (Å²) >= 11 is 3.32. The fraction of sp³-hybridized carbons (Fsp3) is 0.136. The van der Waals surface area contributed by atoms with Gasteiger partial charge in [0.25, 0.3) is 5.91 Å². The summed E-state index contributed by atoms with van der Waals surface area (Å²) in [4.78, 5) is 12.7. The number of carbonyl (C=O) groups is 1. The molecule has 1 amide bonds. The smallest absolute Gasteiger partial charge is 0.418 e. The van der Waals surface area contributed by atoms with Crippen LogP contribution in [0.5, 0.6) is 11.5 Å². The van der Waals surface area contributed by atoms with Gasteiger partial charge >= 0.3 is 6.18 Å². The number of anilines is 1. The van der Waals surface area contributed by atoms with E-state index in [0.29, 0.717) is 10.2 Å². The van der Waals surface area contributed by atoms with Gasteiger partial charge in [-0.3, -0.25) is 4.79 Å². The Bertz CT molecular complexity index is 1040. The molecule has 0 radical (unpaired) electrons. The fourth-order valence-corrected chi connectivity index (χ4v) is 3.38. The molecule has 4 nitrogen and oxygen atoms in total. The Labute approximate surface area is 179 Å². The van der Waals surface area contributed by atoms with E-state index < -0.39 is 17.6 Å². The van der Waals surface area contributed by atoms with Gasteiger partial charge in [0.1, 0.15) is 6.61 Å². The van der Waals surface area contributed by atoms with Crippen LogP contribution >= 0.6 is 15.9 Å². The molecule has 0 heterocycles. The van der Waals surface area contributed by atoms with Crippen LogP contribution in [-0.2, 0) is 12.8 Å². The molecule has 3 aromatic rings. The predicted octanol–water partition coefficient (Wildman–Crippen LogP) is 6.31. The van der Waals surface area contributed by atoms with E-state index in [1.54, 1.807) is 0 Å². The lowest BCUT2D eigenvalue weighted by atomic mass is 10.1. The van der Waals surface area contributed by atoms with Gasteiger partial charge in [-0.15, -0.1) is 0 Å². The maximum Gasteiger partial charge on any atom is 0.418 e. The third kappa shape index (κ3) is 5.13. The second-order valence-corrected chi connectivity index (χ2v) is 7.12. The zero-order chi connectivity index (χ0) is 21.7. The van der Waals surface area contributed by atoms with Crippen LogP contribution in [0.1, 0.15) is 21.5 Å². The molecular formula is C22H17BrF3NO3. The zero-order valence-electron chi connectivity index (χ0n) is 15.8. The molecule has 0 saturated heterocycles. The minimum Gasteiger partial charge on any atom is -0.492 e. The summed E-state index contributed by atoms with van der Waals surface area (Å²) in [5.41, 5.74) is -0.229. The van der Waals surface area contributed by atoms with Crippen molar-refractivity contribution in [1.29, 1.82) is 0 Å². The van der Waals surface area contributed by atoms with E-state index in [-0.39, 0.29) is 23.6 Å². The van der Waals surface area contributed by atoms with E-state index in [1.807, 2.05) is 30.3 Å². The van der Waals surface area contributed by atoms with Gasteiger partial charge in [-0.2, -0.15) is 13.2 Å². The number of methoxy groups -OCH3 is 1. The molecule has 30 heavy (non-hydrogen) atoms. The fourth-order valence-electron chi connectivity index (χ4n) is 2.77.